The Morgan fingerprint density at radius 1 is 1.91 bits per heavy atom. The molecule has 0 radical (unpaired) electrons. The summed E-state index contributed by atoms with van der Waals surface area (Å²) in [6, 6.07) is 0. The number of amides is 1. The molecule has 0 aromatic rings. The van der Waals surface area contributed by atoms with Crippen LogP contribution in [0.1, 0.15) is 0 Å². The summed E-state index contributed by atoms with van der Waals surface area (Å²) in [4.78, 5) is 10.7. The summed E-state index contributed by atoms with van der Waals surface area (Å²) in [7, 11) is 0. The number of carbonyl (C=O) groups is 1. The number of hydrogen-bond donors (Lipinski definition) is 1. The van der Waals surface area contributed by atoms with Gasteiger partial charge in [-0.25, -0.2) is 4.79 Å². The van der Waals surface area contributed by atoms with Crippen LogP contribution in [0, 0.1) is 0 Å². The molecule has 11 heavy (non-hydrogen) atoms. The zero-order valence-electron chi connectivity index (χ0n) is 6.21. The molecule has 4 nitrogen and oxygen atoms in total. The summed E-state index contributed by atoms with van der Waals surface area (Å²) in [6.07, 6.45) is 1.31. The van der Waals surface area contributed by atoms with Crippen LogP contribution in [0.4, 0.5) is 4.79 Å². The summed E-state index contributed by atoms with van der Waals surface area (Å²) in [6.45, 7) is 4.93. The number of rotatable bonds is 4. The normalized spacial score (nSPS) is 20.5. The summed E-state index contributed by atoms with van der Waals surface area (Å²) >= 11 is 0. The highest BCUT2D eigenvalue weighted by Crippen LogP contribution is 2.05. The first-order chi connectivity index (χ1) is 5.33. The van der Waals surface area contributed by atoms with E-state index in [9.17, 15) is 4.79 Å². The van der Waals surface area contributed by atoms with E-state index in [0.29, 0.717) is 6.54 Å². The van der Waals surface area contributed by atoms with Crippen molar-refractivity contribution >= 4 is 6.09 Å². The van der Waals surface area contributed by atoms with Gasteiger partial charge in [0.05, 0.1) is 12.7 Å². The summed E-state index contributed by atoms with van der Waals surface area (Å²) in [5.41, 5.74) is 0. The van der Waals surface area contributed by atoms with Crippen molar-refractivity contribution in [3.63, 3.8) is 0 Å². The van der Waals surface area contributed by atoms with Crippen LogP contribution in [0.2, 0.25) is 0 Å². The molecule has 1 N–H and O–H groups in total. The van der Waals surface area contributed by atoms with Crippen molar-refractivity contribution in [2.45, 2.75) is 6.10 Å². The summed E-state index contributed by atoms with van der Waals surface area (Å²) in [5.74, 6) is 0. The zero-order chi connectivity index (χ0) is 8.10. The van der Waals surface area contributed by atoms with Gasteiger partial charge in [0.2, 0.25) is 0 Å². The van der Waals surface area contributed by atoms with Gasteiger partial charge in [-0.1, -0.05) is 12.7 Å². The molecule has 1 saturated heterocycles. The lowest BCUT2D eigenvalue weighted by atomic mass is 10.5. The van der Waals surface area contributed by atoms with Gasteiger partial charge in [0.25, 0.3) is 0 Å². The largest absolute Gasteiger partial charge is 0.445 e. The first-order valence-electron chi connectivity index (χ1n) is 3.46. The van der Waals surface area contributed by atoms with Crippen molar-refractivity contribution in [1.29, 1.82) is 0 Å². The second-order valence-corrected chi connectivity index (χ2v) is 2.22. The Kier molecular flexibility index (Phi) is 2.92. The van der Waals surface area contributed by atoms with Gasteiger partial charge in [-0.3, -0.25) is 0 Å². The van der Waals surface area contributed by atoms with Crippen LogP contribution in [0.5, 0.6) is 0 Å². The minimum Gasteiger partial charge on any atom is -0.445 e. The van der Waals surface area contributed by atoms with E-state index in [-0.39, 0.29) is 12.7 Å². The van der Waals surface area contributed by atoms with E-state index >= 15 is 0 Å². The fourth-order valence-corrected chi connectivity index (χ4v) is 0.569. The minimum atomic E-state index is -0.416. The van der Waals surface area contributed by atoms with Crippen LogP contribution in [0.3, 0.4) is 0 Å². The van der Waals surface area contributed by atoms with Gasteiger partial charge in [0, 0.05) is 6.54 Å². The molecule has 1 unspecified atom stereocenters. The molecule has 0 spiro atoms. The number of epoxide rings is 1. The van der Waals surface area contributed by atoms with E-state index in [0.717, 1.165) is 6.61 Å². The highest BCUT2D eigenvalue weighted by Gasteiger charge is 2.22. The molecule has 1 aliphatic rings. The van der Waals surface area contributed by atoms with Crippen LogP contribution < -0.4 is 5.32 Å². The fourth-order valence-electron chi connectivity index (χ4n) is 0.569. The van der Waals surface area contributed by atoms with Crippen LogP contribution in [-0.2, 0) is 9.47 Å². The predicted octanol–water partition coefficient (Wildman–Crippen LogP) is 0.297. The lowest BCUT2D eigenvalue weighted by molar-refractivity contribution is 0.157. The first kappa shape index (κ1) is 8.07. The van der Waals surface area contributed by atoms with Crippen molar-refractivity contribution in [2.75, 3.05) is 19.8 Å². The predicted molar refractivity (Wildman–Crippen MR) is 39.3 cm³/mol. The molecule has 4 heteroatoms. The quantitative estimate of drug-likeness (QED) is 0.471. The van der Waals surface area contributed by atoms with Crippen molar-refractivity contribution in [3.8, 4) is 0 Å². The van der Waals surface area contributed by atoms with Gasteiger partial charge >= 0.3 is 6.09 Å². The maximum absolute atomic E-state index is 10.7. The third-order valence-corrected chi connectivity index (χ3v) is 1.21. The number of hydrogen-bond acceptors (Lipinski definition) is 3. The maximum atomic E-state index is 10.7. The number of nitrogens with one attached hydrogen (secondary N) is 1. The third kappa shape index (κ3) is 3.62. The first-order valence-corrected chi connectivity index (χ1v) is 3.46. The van der Waals surface area contributed by atoms with Crippen LogP contribution in [-0.4, -0.2) is 32.0 Å². The Hall–Kier alpha value is -1.03. The lowest BCUT2D eigenvalue weighted by Gasteiger charge is -2.01. The highest BCUT2D eigenvalue weighted by atomic mass is 16.6. The molecule has 0 aromatic heterocycles. The molecule has 0 aliphatic carbocycles. The molecule has 0 bridgehead atoms. The molecule has 0 saturated carbocycles. The lowest BCUT2D eigenvalue weighted by Crippen LogP contribution is -2.28. The molecule has 1 fully saturated rings. The average Bonchev–Trinajstić information content (AvgIpc) is 2.80. The van der Waals surface area contributed by atoms with Gasteiger partial charge in [0.1, 0.15) is 6.61 Å². The van der Waals surface area contributed by atoms with Gasteiger partial charge in [-0.15, -0.1) is 0 Å². The SMILES string of the molecule is C=CCOC(=O)NCC1CO1. The number of carbonyl (C=O) groups excluding carboxylic acids is 1. The van der Waals surface area contributed by atoms with Crippen molar-refractivity contribution in [1.82, 2.24) is 5.32 Å². The molecule has 1 heterocycles. The zero-order valence-corrected chi connectivity index (χ0v) is 6.21. The van der Waals surface area contributed by atoms with E-state index in [1.54, 1.807) is 0 Å². The molecular weight excluding hydrogens is 146 g/mol. The van der Waals surface area contributed by atoms with E-state index < -0.39 is 6.09 Å². The van der Waals surface area contributed by atoms with Crippen LogP contribution >= 0.6 is 0 Å². The Morgan fingerprint density at radius 2 is 2.64 bits per heavy atom. The molecule has 0 aromatic carbocycles. The molecule has 1 atom stereocenters. The molecule has 1 rings (SSSR count). The van der Waals surface area contributed by atoms with Crippen LogP contribution in [0.25, 0.3) is 0 Å². The molecular formula is C7H11NO3. The topological polar surface area (TPSA) is 50.9 Å². The Morgan fingerprint density at radius 3 is 3.18 bits per heavy atom. The Bertz CT molecular complexity index is 154. The average molecular weight is 157 g/mol. The minimum absolute atomic E-state index is 0.200. The molecule has 1 aliphatic heterocycles. The van der Waals surface area contributed by atoms with E-state index in [4.69, 9.17) is 4.74 Å². The fraction of sp³-hybridized carbons (Fsp3) is 0.571. The van der Waals surface area contributed by atoms with Crippen LogP contribution in [0.15, 0.2) is 12.7 Å². The maximum Gasteiger partial charge on any atom is 0.407 e. The smallest absolute Gasteiger partial charge is 0.407 e. The van der Waals surface area contributed by atoms with Gasteiger partial charge in [-0.2, -0.15) is 0 Å². The Balaban J connectivity index is 1.95. The van der Waals surface area contributed by atoms with Crippen molar-refractivity contribution in [2.24, 2.45) is 0 Å². The number of ether oxygens (including phenoxy) is 2. The second kappa shape index (κ2) is 3.98. The standard InChI is InChI=1S/C7H11NO3/c1-2-3-10-7(9)8-4-6-5-11-6/h2,6H,1,3-5H2,(H,8,9). The number of alkyl carbamates (subject to hydrolysis) is 1. The molecule has 62 valence electrons. The third-order valence-electron chi connectivity index (χ3n) is 1.21. The van der Waals surface area contributed by atoms with E-state index in [1.807, 2.05) is 0 Å². The van der Waals surface area contributed by atoms with Gasteiger partial charge in [0.15, 0.2) is 0 Å². The summed E-state index contributed by atoms with van der Waals surface area (Å²) in [5, 5.41) is 2.55. The van der Waals surface area contributed by atoms with Gasteiger partial charge < -0.3 is 14.8 Å². The highest BCUT2D eigenvalue weighted by molar-refractivity contribution is 5.67. The Labute approximate surface area is 65.2 Å². The van der Waals surface area contributed by atoms with Crippen molar-refractivity contribution in [3.05, 3.63) is 12.7 Å². The molecule has 1 amide bonds. The van der Waals surface area contributed by atoms with Crippen molar-refractivity contribution < 1.29 is 14.3 Å². The van der Waals surface area contributed by atoms with E-state index in [2.05, 4.69) is 16.6 Å². The summed E-state index contributed by atoms with van der Waals surface area (Å²) < 4.78 is 9.52. The van der Waals surface area contributed by atoms with E-state index in [1.165, 1.54) is 6.08 Å². The second-order valence-electron chi connectivity index (χ2n) is 2.22. The van der Waals surface area contributed by atoms with Gasteiger partial charge in [-0.05, 0) is 0 Å². The monoisotopic (exact) mass is 157 g/mol.